The lowest BCUT2D eigenvalue weighted by Gasteiger charge is -2.27. The van der Waals surface area contributed by atoms with Gasteiger partial charge in [0.05, 0.1) is 17.8 Å². The van der Waals surface area contributed by atoms with Crippen molar-refractivity contribution in [1.29, 1.82) is 0 Å². The van der Waals surface area contributed by atoms with Crippen molar-refractivity contribution in [3.05, 3.63) is 0 Å². The fourth-order valence-corrected chi connectivity index (χ4v) is 2.25. The highest BCUT2D eigenvalue weighted by atomic mass is 18.2. The quantitative estimate of drug-likeness (QED) is 0.148. The third-order valence-corrected chi connectivity index (χ3v) is 4.14. The van der Waals surface area contributed by atoms with Crippen LogP contribution in [-0.4, -0.2) is 60.0 Å². The maximum absolute atomic E-state index is 12.4. The zero-order valence-corrected chi connectivity index (χ0v) is 15.2. The van der Waals surface area contributed by atoms with Gasteiger partial charge >= 0.3 is 0 Å². The molecule has 0 rings (SSSR count). The summed E-state index contributed by atoms with van der Waals surface area (Å²) in [7, 11) is 0. The SMILES string of the molecule is CC(=O)NCCC(CCNCC(O)[18F])CCNC(C)(C)/C(C)=N\O. The highest BCUT2D eigenvalue weighted by Crippen LogP contribution is 2.13. The molecule has 0 heterocycles. The number of aliphatic hydroxyl groups excluding tert-OH is 1. The predicted octanol–water partition coefficient (Wildman–Crippen LogP) is 1.00. The monoisotopic (exact) mass is 347 g/mol. The van der Waals surface area contributed by atoms with Gasteiger partial charge in [0.15, 0.2) is 0 Å². The number of hydrogen-bond donors (Lipinski definition) is 5. The van der Waals surface area contributed by atoms with Crippen molar-refractivity contribution < 1.29 is 19.5 Å². The Hall–Kier alpha value is -1.25. The van der Waals surface area contributed by atoms with Crippen LogP contribution in [0.2, 0.25) is 0 Å². The molecule has 0 aromatic heterocycles. The first-order chi connectivity index (χ1) is 11.2. The van der Waals surface area contributed by atoms with E-state index in [4.69, 9.17) is 10.3 Å². The van der Waals surface area contributed by atoms with Crippen molar-refractivity contribution in [3.8, 4) is 0 Å². The molecule has 142 valence electrons. The van der Waals surface area contributed by atoms with Crippen molar-refractivity contribution in [2.45, 2.75) is 58.9 Å². The van der Waals surface area contributed by atoms with E-state index in [2.05, 4.69) is 21.1 Å². The van der Waals surface area contributed by atoms with Crippen LogP contribution >= 0.6 is 0 Å². The molecule has 0 aliphatic rings. The topological polar surface area (TPSA) is 106 Å². The summed E-state index contributed by atoms with van der Waals surface area (Å²) in [5.74, 6) is 0.289. The van der Waals surface area contributed by atoms with E-state index in [0.717, 1.165) is 25.8 Å². The highest BCUT2D eigenvalue weighted by Gasteiger charge is 2.21. The van der Waals surface area contributed by atoms with Gasteiger partial charge in [0.25, 0.3) is 0 Å². The third-order valence-electron chi connectivity index (χ3n) is 4.14. The zero-order chi connectivity index (χ0) is 18.6. The normalized spacial score (nSPS) is 15.2. The van der Waals surface area contributed by atoms with Crippen molar-refractivity contribution in [3.63, 3.8) is 0 Å². The molecule has 2 unspecified atom stereocenters. The van der Waals surface area contributed by atoms with Crippen LogP contribution in [0.5, 0.6) is 0 Å². The first kappa shape index (κ1) is 22.8. The fraction of sp³-hybridized carbons (Fsp3) is 0.875. The summed E-state index contributed by atoms with van der Waals surface area (Å²) in [6.07, 6.45) is 0.684. The van der Waals surface area contributed by atoms with E-state index in [1.165, 1.54) is 6.92 Å². The minimum atomic E-state index is -1.84. The summed E-state index contributed by atoms with van der Waals surface area (Å²) in [6.45, 7) is 9.00. The Morgan fingerprint density at radius 1 is 1.17 bits per heavy atom. The first-order valence-electron chi connectivity index (χ1n) is 8.40. The predicted molar refractivity (Wildman–Crippen MR) is 93.0 cm³/mol. The maximum Gasteiger partial charge on any atom is 0.216 e. The van der Waals surface area contributed by atoms with Crippen molar-refractivity contribution in [2.24, 2.45) is 11.1 Å². The molecule has 24 heavy (non-hydrogen) atoms. The minimum absolute atomic E-state index is 0.0542. The largest absolute Gasteiger partial charge is 0.411 e. The van der Waals surface area contributed by atoms with E-state index in [1.54, 1.807) is 6.92 Å². The lowest BCUT2D eigenvalue weighted by Crippen LogP contribution is -2.46. The fourth-order valence-electron chi connectivity index (χ4n) is 2.25. The van der Waals surface area contributed by atoms with Crippen LogP contribution < -0.4 is 16.0 Å². The lowest BCUT2D eigenvalue weighted by atomic mass is 9.95. The molecule has 0 radical (unpaired) electrons. The molecule has 0 spiro atoms. The lowest BCUT2D eigenvalue weighted by molar-refractivity contribution is -0.119. The van der Waals surface area contributed by atoms with Gasteiger partial charge in [-0.05, 0) is 59.0 Å². The number of carbonyl (C=O) groups excluding carboxylic acids is 1. The number of amides is 1. The Labute approximate surface area is 144 Å². The van der Waals surface area contributed by atoms with Gasteiger partial charge in [0.1, 0.15) is 0 Å². The van der Waals surface area contributed by atoms with E-state index in [1.807, 2.05) is 13.8 Å². The van der Waals surface area contributed by atoms with E-state index in [0.29, 0.717) is 24.7 Å². The molecular weight excluding hydrogens is 314 g/mol. The van der Waals surface area contributed by atoms with E-state index < -0.39 is 11.9 Å². The number of alkyl halides is 1. The number of halogens is 1. The first-order valence-corrected chi connectivity index (χ1v) is 8.40. The molecule has 0 aliphatic carbocycles. The average Bonchev–Trinajstić information content (AvgIpc) is 2.49. The van der Waals surface area contributed by atoms with Gasteiger partial charge in [0.2, 0.25) is 12.3 Å². The number of aliphatic hydroxyl groups is 1. The van der Waals surface area contributed by atoms with Crippen LogP contribution in [0.1, 0.15) is 47.0 Å². The Morgan fingerprint density at radius 3 is 2.29 bits per heavy atom. The molecular formula is C16H33FN4O3. The second kappa shape index (κ2) is 12.2. The van der Waals surface area contributed by atoms with Gasteiger partial charge in [-0.25, -0.2) is 4.39 Å². The molecule has 1 amide bonds. The van der Waals surface area contributed by atoms with Crippen LogP contribution in [0.15, 0.2) is 5.16 Å². The molecule has 5 N–H and O–H groups in total. The number of oxime groups is 1. The van der Waals surface area contributed by atoms with Gasteiger partial charge in [0, 0.05) is 13.5 Å². The Morgan fingerprint density at radius 2 is 1.75 bits per heavy atom. The smallest absolute Gasteiger partial charge is 0.216 e. The van der Waals surface area contributed by atoms with Crippen molar-refractivity contribution >= 4 is 11.6 Å². The van der Waals surface area contributed by atoms with Gasteiger partial charge in [-0.3, -0.25) is 4.79 Å². The average molecular weight is 347 g/mol. The minimum Gasteiger partial charge on any atom is -0.411 e. The molecule has 0 aromatic carbocycles. The van der Waals surface area contributed by atoms with Crippen LogP contribution in [-0.2, 0) is 4.79 Å². The summed E-state index contributed by atoms with van der Waals surface area (Å²) in [5, 5.41) is 29.7. The number of carbonyl (C=O) groups is 1. The maximum atomic E-state index is 12.4. The van der Waals surface area contributed by atoms with Crippen molar-refractivity contribution in [2.75, 3.05) is 26.2 Å². The van der Waals surface area contributed by atoms with Crippen LogP contribution in [0.25, 0.3) is 0 Å². The number of hydrogen-bond acceptors (Lipinski definition) is 6. The van der Waals surface area contributed by atoms with Crippen LogP contribution in [0.3, 0.4) is 0 Å². The summed E-state index contributed by atoms with van der Waals surface area (Å²) in [5.41, 5.74) is 0.212. The Balaban J connectivity index is 4.28. The molecule has 0 saturated carbocycles. The molecule has 0 saturated heterocycles. The van der Waals surface area contributed by atoms with Crippen LogP contribution in [0.4, 0.5) is 4.39 Å². The van der Waals surface area contributed by atoms with Gasteiger partial charge in [-0.2, -0.15) is 0 Å². The Kier molecular flexibility index (Phi) is 11.5. The number of rotatable bonds is 13. The molecule has 0 aliphatic heterocycles. The number of nitrogens with one attached hydrogen (secondary N) is 3. The van der Waals surface area contributed by atoms with Gasteiger partial charge in [-0.1, -0.05) is 5.16 Å². The molecule has 8 heteroatoms. The molecule has 0 fully saturated rings. The second-order valence-corrected chi connectivity index (χ2v) is 6.59. The van der Waals surface area contributed by atoms with E-state index in [9.17, 15) is 9.18 Å². The molecule has 7 nitrogen and oxygen atoms in total. The summed E-state index contributed by atoms with van der Waals surface area (Å²) in [4.78, 5) is 11.0. The van der Waals surface area contributed by atoms with Crippen molar-refractivity contribution in [1.82, 2.24) is 16.0 Å². The van der Waals surface area contributed by atoms with Gasteiger partial charge in [-0.15, -0.1) is 0 Å². The number of nitrogens with zero attached hydrogens (tertiary/aromatic N) is 1. The zero-order valence-electron chi connectivity index (χ0n) is 15.2. The highest BCUT2D eigenvalue weighted by molar-refractivity contribution is 5.90. The molecule has 0 bridgehead atoms. The Bertz CT molecular complexity index is 390. The molecule has 0 aromatic rings. The summed E-state index contributed by atoms with van der Waals surface area (Å²) >= 11 is 0. The standard InChI is InChI=1S/C16H33FN4O3/c1-12(21-24)16(3,4)20-10-7-14(6-9-19-13(2)22)5-8-18-11-15(17)23/h14-15,18,20,23-24H,5-11H2,1-4H3,(H,19,22)/b21-12-/i17-1. The molecule has 2 atom stereocenters. The van der Waals surface area contributed by atoms with Crippen LogP contribution in [0, 0.1) is 5.92 Å². The van der Waals surface area contributed by atoms with E-state index >= 15 is 0 Å². The summed E-state index contributed by atoms with van der Waals surface area (Å²) in [6, 6.07) is 0. The second-order valence-electron chi connectivity index (χ2n) is 6.59. The van der Waals surface area contributed by atoms with E-state index in [-0.39, 0.29) is 12.5 Å². The summed E-state index contributed by atoms with van der Waals surface area (Å²) < 4.78 is 12.4. The van der Waals surface area contributed by atoms with Gasteiger partial charge < -0.3 is 26.3 Å². The third kappa shape index (κ3) is 11.3.